The standard InChI is InChI=1S/C16H19ClN2O4/c1-22-16(21)11-8-15(20)19(10-11)12-2-3-14(13(17)9-12)18-4-6-23-7-5-18/h2-3,9,11H,4-8,10H2,1H3/t11-/m0/s1. The van der Waals surface area contributed by atoms with Gasteiger partial charge >= 0.3 is 5.97 Å². The van der Waals surface area contributed by atoms with E-state index < -0.39 is 5.92 Å². The lowest BCUT2D eigenvalue weighted by Crippen LogP contribution is -2.36. The molecule has 0 unspecified atom stereocenters. The minimum atomic E-state index is -0.412. The molecular weight excluding hydrogens is 320 g/mol. The number of nitrogens with zero attached hydrogens (tertiary/aromatic N) is 2. The number of rotatable bonds is 3. The Labute approximate surface area is 139 Å². The van der Waals surface area contributed by atoms with E-state index in [0.29, 0.717) is 30.5 Å². The maximum atomic E-state index is 12.2. The maximum Gasteiger partial charge on any atom is 0.311 e. The molecule has 124 valence electrons. The molecule has 1 aromatic carbocycles. The summed E-state index contributed by atoms with van der Waals surface area (Å²) in [5.41, 5.74) is 1.65. The van der Waals surface area contributed by atoms with Gasteiger partial charge in [0, 0.05) is 31.7 Å². The van der Waals surface area contributed by atoms with Gasteiger partial charge < -0.3 is 19.3 Å². The van der Waals surface area contributed by atoms with Gasteiger partial charge in [0.05, 0.1) is 37.0 Å². The van der Waals surface area contributed by atoms with Crippen LogP contribution in [0.3, 0.4) is 0 Å². The number of carbonyl (C=O) groups excluding carboxylic acids is 2. The van der Waals surface area contributed by atoms with Crippen molar-refractivity contribution in [3.8, 4) is 0 Å². The van der Waals surface area contributed by atoms with Crippen LogP contribution in [0.15, 0.2) is 18.2 Å². The molecule has 0 spiro atoms. The van der Waals surface area contributed by atoms with Crippen molar-refractivity contribution in [3.05, 3.63) is 23.2 Å². The molecule has 0 aliphatic carbocycles. The zero-order valence-electron chi connectivity index (χ0n) is 13.0. The van der Waals surface area contributed by atoms with Gasteiger partial charge in [0.15, 0.2) is 0 Å². The number of amides is 1. The van der Waals surface area contributed by atoms with Gasteiger partial charge in [-0.2, -0.15) is 0 Å². The van der Waals surface area contributed by atoms with Crippen LogP contribution in [0.25, 0.3) is 0 Å². The zero-order chi connectivity index (χ0) is 16.4. The number of esters is 1. The Kier molecular flexibility index (Phi) is 4.73. The van der Waals surface area contributed by atoms with E-state index in [1.165, 1.54) is 7.11 Å². The largest absolute Gasteiger partial charge is 0.469 e. The average Bonchev–Trinajstić information content (AvgIpc) is 2.96. The molecule has 2 aliphatic rings. The van der Waals surface area contributed by atoms with Crippen molar-refractivity contribution < 1.29 is 19.1 Å². The highest BCUT2D eigenvalue weighted by Gasteiger charge is 2.36. The monoisotopic (exact) mass is 338 g/mol. The van der Waals surface area contributed by atoms with Crippen LogP contribution in [0.4, 0.5) is 11.4 Å². The van der Waals surface area contributed by atoms with Crippen LogP contribution >= 0.6 is 11.6 Å². The Morgan fingerprint density at radius 1 is 1.35 bits per heavy atom. The summed E-state index contributed by atoms with van der Waals surface area (Å²) >= 11 is 6.40. The minimum Gasteiger partial charge on any atom is -0.469 e. The number of carbonyl (C=O) groups is 2. The Balaban J connectivity index is 1.77. The zero-order valence-corrected chi connectivity index (χ0v) is 13.7. The van der Waals surface area contributed by atoms with E-state index >= 15 is 0 Å². The first-order valence-corrected chi connectivity index (χ1v) is 7.98. The third-order valence-corrected chi connectivity index (χ3v) is 4.56. The number of morpholine rings is 1. The fourth-order valence-electron chi connectivity index (χ4n) is 3.01. The van der Waals surface area contributed by atoms with E-state index in [0.717, 1.165) is 18.8 Å². The van der Waals surface area contributed by atoms with Crippen molar-refractivity contribution in [1.82, 2.24) is 0 Å². The van der Waals surface area contributed by atoms with Crippen LogP contribution in [0.1, 0.15) is 6.42 Å². The molecule has 1 aromatic rings. The van der Waals surface area contributed by atoms with Gasteiger partial charge in [-0.25, -0.2) is 0 Å². The molecule has 1 atom stereocenters. The molecule has 2 fully saturated rings. The molecule has 23 heavy (non-hydrogen) atoms. The fraction of sp³-hybridized carbons (Fsp3) is 0.500. The van der Waals surface area contributed by atoms with Crippen molar-refractivity contribution in [2.75, 3.05) is 49.8 Å². The number of anilines is 2. The van der Waals surface area contributed by atoms with Crippen LogP contribution < -0.4 is 9.80 Å². The van der Waals surface area contributed by atoms with Gasteiger partial charge in [0.25, 0.3) is 0 Å². The number of methoxy groups -OCH3 is 1. The molecule has 0 N–H and O–H groups in total. The van der Waals surface area contributed by atoms with Crippen LogP contribution in [-0.4, -0.2) is 51.8 Å². The topological polar surface area (TPSA) is 59.1 Å². The second-order valence-corrected chi connectivity index (χ2v) is 6.07. The van der Waals surface area contributed by atoms with Crippen molar-refractivity contribution in [3.63, 3.8) is 0 Å². The average molecular weight is 339 g/mol. The third-order valence-electron chi connectivity index (χ3n) is 4.25. The number of benzene rings is 1. The van der Waals surface area contributed by atoms with Crippen LogP contribution in [0.5, 0.6) is 0 Å². The Hall–Kier alpha value is -1.79. The van der Waals surface area contributed by atoms with Gasteiger partial charge in [0.2, 0.25) is 5.91 Å². The molecule has 0 saturated carbocycles. The molecule has 1 amide bonds. The quantitative estimate of drug-likeness (QED) is 0.785. The smallest absolute Gasteiger partial charge is 0.311 e. The van der Waals surface area contributed by atoms with E-state index in [1.54, 1.807) is 11.0 Å². The van der Waals surface area contributed by atoms with E-state index in [1.807, 2.05) is 12.1 Å². The highest BCUT2D eigenvalue weighted by atomic mass is 35.5. The maximum absolute atomic E-state index is 12.2. The summed E-state index contributed by atoms with van der Waals surface area (Å²) in [4.78, 5) is 27.5. The molecule has 7 heteroatoms. The predicted octanol–water partition coefficient (Wildman–Crippen LogP) is 1.70. The molecule has 2 heterocycles. The molecule has 0 radical (unpaired) electrons. The van der Waals surface area contributed by atoms with Crippen LogP contribution in [0.2, 0.25) is 5.02 Å². The first kappa shape index (κ1) is 16.1. The summed E-state index contributed by atoms with van der Waals surface area (Å²) < 4.78 is 10.1. The summed E-state index contributed by atoms with van der Waals surface area (Å²) in [5, 5.41) is 0.596. The van der Waals surface area contributed by atoms with Gasteiger partial charge in [-0.1, -0.05) is 11.6 Å². The van der Waals surface area contributed by atoms with E-state index in [-0.39, 0.29) is 18.3 Å². The summed E-state index contributed by atoms with van der Waals surface area (Å²) in [6, 6.07) is 5.57. The lowest BCUT2D eigenvalue weighted by atomic mass is 10.1. The van der Waals surface area contributed by atoms with E-state index in [2.05, 4.69) is 4.90 Å². The first-order chi connectivity index (χ1) is 11.1. The highest BCUT2D eigenvalue weighted by Crippen LogP contribution is 2.33. The summed E-state index contributed by atoms with van der Waals surface area (Å²) in [6.45, 7) is 3.30. The van der Waals surface area contributed by atoms with Crippen molar-refractivity contribution in [2.45, 2.75) is 6.42 Å². The number of hydrogen-bond donors (Lipinski definition) is 0. The van der Waals surface area contributed by atoms with Gasteiger partial charge in [-0.05, 0) is 18.2 Å². The van der Waals surface area contributed by atoms with Gasteiger partial charge in [-0.15, -0.1) is 0 Å². The normalized spacial score (nSPS) is 21.7. The SMILES string of the molecule is COC(=O)[C@H]1CC(=O)N(c2ccc(N3CCOCC3)c(Cl)c2)C1. The number of ether oxygens (including phenoxy) is 2. The molecule has 2 saturated heterocycles. The van der Waals surface area contributed by atoms with Crippen molar-refractivity contribution in [2.24, 2.45) is 5.92 Å². The van der Waals surface area contributed by atoms with Crippen molar-refractivity contribution >= 4 is 34.9 Å². The second kappa shape index (κ2) is 6.76. The van der Waals surface area contributed by atoms with Crippen LogP contribution in [-0.2, 0) is 19.1 Å². The van der Waals surface area contributed by atoms with Gasteiger partial charge in [-0.3, -0.25) is 9.59 Å². The molecule has 6 nitrogen and oxygen atoms in total. The molecule has 3 rings (SSSR count). The minimum absolute atomic E-state index is 0.0874. The van der Waals surface area contributed by atoms with Gasteiger partial charge in [0.1, 0.15) is 0 Å². The number of hydrogen-bond acceptors (Lipinski definition) is 5. The Bertz CT molecular complexity index is 616. The first-order valence-electron chi connectivity index (χ1n) is 7.60. The fourth-order valence-corrected chi connectivity index (χ4v) is 3.30. The molecule has 2 aliphatic heterocycles. The predicted molar refractivity (Wildman–Crippen MR) is 87.0 cm³/mol. The summed E-state index contributed by atoms with van der Waals surface area (Å²) in [5.74, 6) is -0.849. The Morgan fingerprint density at radius 3 is 2.74 bits per heavy atom. The van der Waals surface area contributed by atoms with E-state index in [9.17, 15) is 9.59 Å². The molecule has 0 bridgehead atoms. The molecule has 0 aromatic heterocycles. The summed E-state index contributed by atoms with van der Waals surface area (Å²) in [7, 11) is 1.34. The summed E-state index contributed by atoms with van der Waals surface area (Å²) in [6.07, 6.45) is 0.176. The molecular formula is C16H19ClN2O4. The van der Waals surface area contributed by atoms with Crippen LogP contribution in [0, 0.1) is 5.92 Å². The third kappa shape index (κ3) is 3.28. The lowest BCUT2D eigenvalue weighted by molar-refractivity contribution is -0.145. The Morgan fingerprint density at radius 2 is 2.09 bits per heavy atom. The van der Waals surface area contributed by atoms with Crippen molar-refractivity contribution in [1.29, 1.82) is 0 Å². The lowest BCUT2D eigenvalue weighted by Gasteiger charge is -2.30. The second-order valence-electron chi connectivity index (χ2n) is 5.66. The number of halogens is 1. The van der Waals surface area contributed by atoms with E-state index in [4.69, 9.17) is 21.1 Å². The highest BCUT2D eigenvalue weighted by molar-refractivity contribution is 6.33.